The number of nitrogens with zero attached hydrogens (tertiary/aromatic N) is 1. The summed E-state index contributed by atoms with van der Waals surface area (Å²) in [6.07, 6.45) is 1.20. The average molecular weight is 274 g/mol. The molecule has 2 rings (SSSR count). The molecule has 0 aliphatic carbocycles. The van der Waals surface area contributed by atoms with Crippen LogP contribution in [0, 0.1) is 12.8 Å². The smallest absolute Gasteiger partial charge is 0.227 e. The predicted octanol–water partition coefficient (Wildman–Crippen LogP) is 2.26. The molecule has 4 heteroatoms. The number of rotatable bonds is 4. The molecule has 2 amide bonds. The number of amides is 2. The Labute approximate surface area is 120 Å². The van der Waals surface area contributed by atoms with Gasteiger partial charge < -0.3 is 10.2 Å². The van der Waals surface area contributed by atoms with Crippen molar-refractivity contribution in [3.05, 3.63) is 29.8 Å². The first-order valence-electron chi connectivity index (χ1n) is 7.18. The van der Waals surface area contributed by atoms with Gasteiger partial charge in [-0.05, 0) is 38.0 Å². The number of carbonyl (C=O) groups is 2. The van der Waals surface area contributed by atoms with E-state index in [1.54, 1.807) is 4.90 Å². The molecule has 1 aromatic rings. The van der Waals surface area contributed by atoms with Gasteiger partial charge in [0.25, 0.3) is 0 Å². The molecule has 4 nitrogen and oxygen atoms in total. The second-order valence-electron chi connectivity index (χ2n) is 5.56. The van der Waals surface area contributed by atoms with Gasteiger partial charge in [0, 0.05) is 24.7 Å². The number of hydrogen-bond donors (Lipinski definition) is 1. The number of carbonyl (C=O) groups excluding carboxylic acids is 2. The highest BCUT2D eigenvalue weighted by atomic mass is 16.2. The van der Waals surface area contributed by atoms with Gasteiger partial charge in [0.05, 0.1) is 5.92 Å². The summed E-state index contributed by atoms with van der Waals surface area (Å²) in [5.74, 6) is -0.222. The number of aryl methyl sites for hydroxylation is 1. The molecule has 20 heavy (non-hydrogen) atoms. The van der Waals surface area contributed by atoms with Crippen LogP contribution in [0.2, 0.25) is 0 Å². The van der Waals surface area contributed by atoms with Crippen LogP contribution in [0.3, 0.4) is 0 Å². The molecule has 2 atom stereocenters. The Morgan fingerprint density at radius 1 is 1.50 bits per heavy atom. The van der Waals surface area contributed by atoms with Gasteiger partial charge in [0.15, 0.2) is 0 Å². The van der Waals surface area contributed by atoms with Crippen molar-refractivity contribution in [1.29, 1.82) is 0 Å². The van der Waals surface area contributed by atoms with Crippen molar-refractivity contribution >= 4 is 17.5 Å². The minimum atomic E-state index is -0.239. The highest BCUT2D eigenvalue weighted by Gasteiger charge is 2.35. The molecule has 0 saturated carbocycles. The minimum Gasteiger partial charge on any atom is -0.353 e. The SMILES string of the molecule is CCC(C)NC(=O)C1CC(=O)N(c2cccc(C)c2)C1. The first-order valence-corrected chi connectivity index (χ1v) is 7.18. The predicted molar refractivity (Wildman–Crippen MR) is 79.5 cm³/mol. The first kappa shape index (κ1) is 14.6. The van der Waals surface area contributed by atoms with E-state index in [0.29, 0.717) is 13.0 Å². The maximum Gasteiger partial charge on any atom is 0.227 e. The Kier molecular flexibility index (Phi) is 4.42. The van der Waals surface area contributed by atoms with E-state index >= 15 is 0 Å². The quantitative estimate of drug-likeness (QED) is 0.915. The van der Waals surface area contributed by atoms with Crippen LogP contribution in [0.4, 0.5) is 5.69 Å². The van der Waals surface area contributed by atoms with Gasteiger partial charge in [0.1, 0.15) is 0 Å². The Morgan fingerprint density at radius 2 is 2.25 bits per heavy atom. The standard InChI is InChI=1S/C16H22N2O2/c1-4-12(3)17-16(20)13-9-15(19)18(10-13)14-7-5-6-11(2)8-14/h5-8,12-13H,4,9-10H2,1-3H3,(H,17,20). The summed E-state index contributed by atoms with van der Waals surface area (Å²) in [7, 11) is 0. The van der Waals surface area contributed by atoms with Crippen LogP contribution < -0.4 is 10.2 Å². The Bertz CT molecular complexity index is 513. The van der Waals surface area contributed by atoms with E-state index in [-0.39, 0.29) is 23.8 Å². The first-order chi connectivity index (χ1) is 9.51. The summed E-state index contributed by atoms with van der Waals surface area (Å²) < 4.78 is 0. The van der Waals surface area contributed by atoms with Crippen LogP contribution in [0.1, 0.15) is 32.3 Å². The summed E-state index contributed by atoms with van der Waals surface area (Å²) in [6, 6.07) is 7.99. The molecule has 1 fully saturated rings. The Hall–Kier alpha value is -1.84. The van der Waals surface area contributed by atoms with E-state index in [0.717, 1.165) is 17.7 Å². The number of benzene rings is 1. The van der Waals surface area contributed by atoms with Crippen molar-refractivity contribution in [2.24, 2.45) is 5.92 Å². The Morgan fingerprint density at radius 3 is 2.90 bits per heavy atom. The fourth-order valence-corrected chi connectivity index (χ4v) is 2.39. The van der Waals surface area contributed by atoms with E-state index in [2.05, 4.69) is 5.32 Å². The number of nitrogens with one attached hydrogen (secondary N) is 1. The maximum absolute atomic E-state index is 12.1. The lowest BCUT2D eigenvalue weighted by atomic mass is 10.1. The fraction of sp³-hybridized carbons (Fsp3) is 0.500. The van der Waals surface area contributed by atoms with Crippen LogP contribution in [0.15, 0.2) is 24.3 Å². The molecular formula is C16H22N2O2. The van der Waals surface area contributed by atoms with Gasteiger partial charge >= 0.3 is 0 Å². The van der Waals surface area contributed by atoms with Gasteiger partial charge in [-0.2, -0.15) is 0 Å². The van der Waals surface area contributed by atoms with Gasteiger partial charge in [0.2, 0.25) is 11.8 Å². The van der Waals surface area contributed by atoms with Crippen molar-refractivity contribution in [3.8, 4) is 0 Å². The molecular weight excluding hydrogens is 252 g/mol. The summed E-state index contributed by atoms with van der Waals surface area (Å²) in [4.78, 5) is 25.9. The van der Waals surface area contributed by atoms with Crippen molar-refractivity contribution in [2.45, 2.75) is 39.7 Å². The molecule has 0 aromatic heterocycles. The number of anilines is 1. The lowest BCUT2D eigenvalue weighted by Crippen LogP contribution is -2.38. The van der Waals surface area contributed by atoms with Crippen LogP contribution in [-0.4, -0.2) is 24.4 Å². The molecule has 0 bridgehead atoms. The highest BCUT2D eigenvalue weighted by Crippen LogP contribution is 2.25. The fourth-order valence-electron chi connectivity index (χ4n) is 2.39. The molecule has 1 aliphatic rings. The summed E-state index contributed by atoms with van der Waals surface area (Å²) in [6.45, 7) is 6.48. The molecule has 108 valence electrons. The number of hydrogen-bond acceptors (Lipinski definition) is 2. The third kappa shape index (κ3) is 3.18. The average Bonchev–Trinajstić information content (AvgIpc) is 2.80. The van der Waals surface area contributed by atoms with E-state index < -0.39 is 0 Å². The van der Waals surface area contributed by atoms with E-state index in [4.69, 9.17) is 0 Å². The molecule has 1 aromatic carbocycles. The van der Waals surface area contributed by atoms with E-state index in [1.165, 1.54) is 0 Å². The molecule has 1 saturated heterocycles. The third-order valence-electron chi connectivity index (χ3n) is 3.81. The zero-order chi connectivity index (χ0) is 14.7. The normalized spacial score (nSPS) is 20.1. The van der Waals surface area contributed by atoms with Gasteiger partial charge in [-0.1, -0.05) is 19.1 Å². The third-order valence-corrected chi connectivity index (χ3v) is 3.81. The second-order valence-corrected chi connectivity index (χ2v) is 5.56. The second kappa shape index (κ2) is 6.07. The monoisotopic (exact) mass is 274 g/mol. The van der Waals surface area contributed by atoms with Crippen LogP contribution in [0.5, 0.6) is 0 Å². The van der Waals surface area contributed by atoms with Crippen LogP contribution in [0.25, 0.3) is 0 Å². The molecule has 0 radical (unpaired) electrons. The van der Waals surface area contributed by atoms with Gasteiger partial charge in [-0.15, -0.1) is 0 Å². The topological polar surface area (TPSA) is 49.4 Å². The van der Waals surface area contributed by atoms with Crippen molar-refractivity contribution in [3.63, 3.8) is 0 Å². The lowest BCUT2D eigenvalue weighted by molar-refractivity contribution is -0.126. The Balaban J connectivity index is 2.05. The van der Waals surface area contributed by atoms with Gasteiger partial charge in [-0.3, -0.25) is 9.59 Å². The molecule has 2 unspecified atom stereocenters. The summed E-state index contributed by atoms with van der Waals surface area (Å²) in [5, 5.41) is 2.96. The minimum absolute atomic E-state index is 0.0112. The zero-order valence-corrected chi connectivity index (χ0v) is 12.3. The van der Waals surface area contributed by atoms with Crippen LogP contribution >= 0.6 is 0 Å². The van der Waals surface area contributed by atoms with Crippen LogP contribution in [-0.2, 0) is 9.59 Å². The zero-order valence-electron chi connectivity index (χ0n) is 12.3. The lowest BCUT2D eigenvalue weighted by Gasteiger charge is -2.18. The van der Waals surface area contributed by atoms with Crippen molar-refractivity contribution in [1.82, 2.24) is 5.32 Å². The van der Waals surface area contributed by atoms with E-state index in [1.807, 2.05) is 45.0 Å². The van der Waals surface area contributed by atoms with Gasteiger partial charge in [-0.25, -0.2) is 0 Å². The van der Waals surface area contributed by atoms with Crippen molar-refractivity contribution < 1.29 is 9.59 Å². The highest BCUT2D eigenvalue weighted by molar-refractivity contribution is 6.00. The summed E-state index contributed by atoms with van der Waals surface area (Å²) >= 11 is 0. The molecule has 0 spiro atoms. The molecule has 1 N–H and O–H groups in total. The largest absolute Gasteiger partial charge is 0.353 e. The summed E-state index contributed by atoms with van der Waals surface area (Å²) in [5.41, 5.74) is 2.00. The molecule has 1 aliphatic heterocycles. The van der Waals surface area contributed by atoms with Crippen molar-refractivity contribution in [2.75, 3.05) is 11.4 Å². The molecule has 1 heterocycles. The maximum atomic E-state index is 12.1. The van der Waals surface area contributed by atoms with E-state index in [9.17, 15) is 9.59 Å².